The van der Waals surface area contributed by atoms with Crippen molar-refractivity contribution in [2.45, 2.75) is 25.8 Å². The third-order valence-electron chi connectivity index (χ3n) is 2.30. The van der Waals surface area contributed by atoms with E-state index in [1.807, 2.05) is 13.0 Å². The van der Waals surface area contributed by atoms with Gasteiger partial charge in [-0.05, 0) is 38.0 Å². The van der Waals surface area contributed by atoms with Gasteiger partial charge in [0.25, 0.3) is 0 Å². The Hall–Kier alpha value is -1.60. The number of nitrogens with zero attached hydrogens (tertiary/aromatic N) is 1. The van der Waals surface area contributed by atoms with Gasteiger partial charge in [-0.3, -0.25) is 0 Å². The van der Waals surface area contributed by atoms with Crippen LogP contribution in [0.4, 0.5) is 10.1 Å². The molecule has 0 saturated carbocycles. The number of benzene rings is 1. The Morgan fingerprint density at radius 2 is 2.31 bits per heavy atom. The molecule has 2 N–H and O–H groups in total. The first-order valence-electron chi connectivity index (χ1n) is 5.24. The highest BCUT2D eigenvalue weighted by Crippen LogP contribution is 2.17. The number of anilines is 1. The Balaban J connectivity index is 2.70. The van der Waals surface area contributed by atoms with Gasteiger partial charge in [0.15, 0.2) is 0 Å². The number of halogens is 1. The maximum absolute atomic E-state index is 12.9. The van der Waals surface area contributed by atoms with Gasteiger partial charge in [0.2, 0.25) is 0 Å². The fraction of sp³-hybridized carbons (Fsp3) is 0.417. The summed E-state index contributed by atoms with van der Waals surface area (Å²) in [6, 6.07) is 6.18. The second-order valence-electron chi connectivity index (χ2n) is 3.71. The molecule has 0 radical (unpaired) electrons. The molecule has 4 heteroatoms. The highest BCUT2D eigenvalue weighted by molar-refractivity contribution is 5.57. The van der Waals surface area contributed by atoms with E-state index in [-0.39, 0.29) is 12.6 Å². The van der Waals surface area contributed by atoms with Crippen molar-refractivity contribution >= 4 is 5.69 Å². The normalized spacial score (nSPS) is 11.9. The van der Waals surface area contributed by atoms with Gasteiger partial charge in [0.1, 0.15) is 11.9 Å². The van der Waals surface area contributed by atoms with E-state index in [1.54, 1.807) is 6.07 Å². The molecule has 0 heterocycles. The number of hydrogen-bond acceptors (Lipinski definition) is 3. The van der Waals surface area contributed by atoms with Crippen LogP contribution in [-0.2, 0) is 0 Å². The molecule has 0 aliphatic carbocycles. The molecule has 0 aromatic heterocycles. The van der Waals surface area contributed by atoms with Gasteiger partial charge in [-0.2, -0.15) is 5.26 Å². The van der Waals surface area contributed by atoms with Gasteiger partial charge in [0.05, 0.1) is 11.3 Å². The van der Waals surface area contributed by atoms with Crippen molar-refractivity contribution in [3.05, 3.63) is 29.6 Å². The zero-order chi connectivity index (χ0) is 12.0. The van der Waals surface area contributed by atoms with Crippen LogP contribution in [0, 0.1) is 17.1 Å². The molecule has 0 amide bonds. The van der Waals surface area contributed by atoms with Crippen LogP contribution in [0.3, 0.4) is 0 Å². The summed E-state index contributed by atoms with van der Waals surface area (Å²) in [6.07, 6.45) is 1.51. The van der Waals surface area contributed by atoms with Crippen molar-refractivity contribution in [1.82, 2.24) is 0 Å². The fourth-order valence-electron chi connectivity index (χ4n) is 1.47. The molecule has 1 unspecified atom stereocenters. The Kier molecular flexibility index (Phi) is 4.74. The molecule has 1 rings (SSSR count). The van der Waals surface area contributed by atoms with Crippen molar-refractivity contribution in [1.29, 1.82) is 5.26 Å². The topological polar surface area (TPSA) is 56.0 Å². The fourth-order valence-corrected chi connectivity index (χ4v) is 1.47. The summed E-state index contributed by atoms with van der Waals surface area (Å²) in [5.74, 6) is -0.412. The molecule has 0 fully saturated rings. The zero-order valence-corrected chi connectivity index (χ0v) is 9.20. The molecular formula is C12H15FN2O. The van der Waals surface area contributed by atoms with Gasteiger partial charge in [0, 0.05) is 12.6 Å². The maximum atomic E-state index is 12.9. The molecule has 1 aromatic rings. The molecule has 0 aliphatic rings. The summed E-state index contributed by atoms with van der Waals surface area (Å²) in [6.45, 7) is 2.11. The van der Waals surface area contributed by atoms with Crippen LogP contribution in [0.2, 0.25) is 0 Å². The van der Waals surface area contributed by atoms with Crippen LogP contribution < -0.4 is 5.32 Å². The number of nitriles is 1. The Bertz CT molecular complexity index is 387. The van der Waals surface area contributed by atoms with Crippen LogP contribution in [0.5, 0.6) is 0 Å². The summed E-state index contributed by atoms with van der Waals surface area (Å²) in [5.41, 5.74) is 0.935. The van der Waals surface area contributed by atoms with Crippen LogP contribution in [0.1, 0.15) is 25.3 Å². The van der Waals surface area contributed by atoms with E-state index in [2.05, 4.69) is 5.32 Å². The quantitative estimate of drug-likeness (QED) is 0.803. The number of aliphatic hydroxyl groups excluding tert-OH is 1. The number of hydrogen-bond donors (Lipinski definition) is 2. The van der Waals surface area contributed by atoms with Crippen LogP contribution >= 0.6 is 0 Å². The lowest BCUT2D eigenvalue weighted by atomic mass is 10.1. The summed E-state index contributed by atoms with van der Waals surface area (Å²) >= 11 is 0. The summed E-state index contributed by atoms with van der Waals surface area (Å²) in [5, 5.41) is 20.6. The van der Waals surface area contributed by atoms with E-state index in [4.69, 9.17) is 10.4 Å². The molecule has 0 spiro atoms. The standard InChI is InChI=1S/C12H15FN2O/c1-9(3-2-6-16)15-12-5-4-11(13)7-10(12)8-14/h4-5,7,9,15-16H,2-3,6H2,1H3. The zero-order valence-electron chi connectivity index (χ0n) is 9.20. The Morgan fingerprint density at radius 3 is 2.94 bits per heavy atom. The second-order valence-corrected chi connectivity index (χ2v) is 3.71. The van der Waals surface area contributed by atoms with E-state index in [0.717, 1.165) is 6.42 Å². The molecule has 3 nitrogen and oxygen atoms in total. The lowest BCUT2D eigenvalue weighted by molar-refractivity contribution is 0.282. The monoisotopic (exact) mass is 222 g/mol. The van der Waals surface area contributed by atoms with Gasteiger partial charge in [-0.25, -0.2) is 4.39 Å². The van der Waals surface area contributed by atoms with E-state index in [9.17, 15) is 4.39 Å². The average Bonchev–Trinajstić information content (AvgIpc) is 2.28. The lowest BCUT2D eigenvalue weighted by Crippen LogP contribution is -2.16. The van der Waals surface area contributed by atoms with Crippen LogP contribution in [0.15, 0.2) is 18.2 Å². The lowest BCUT2D eigenvalue weighted by Gasteiger charge is -2.15. The average molecular weight is 222 g/mol. The van der Waals surface area contributed by atoms with E-state index >= 15 is 0 Å². The van der Waals surface area contributed by atoms with Gasteiger partial charge in [-0.15, -0.1) is 0 Å². The minimum absolute atomic E-state index is 0.143. The minimum Gasteiger partial charge on any atom is -0.396 e. The minimum atomic E-state index is -0.412. The number of nitrogens with one attached hydrogen (secondary N) is 1. The first kappa shape index (κ1) is 12.5. The third kappa shape index (κ3) is 3.52. The van der Waals surface area contributed by atoms with Crippen molar-refractivity contribution < 1.29 is 9.50 Å². The predicted molar refractivity (Wildman–Crippen MR) is 60.5 cm³/mol. The Morgan fingerprint density at radius 1 is 1.56 bits per heavy atom. The van der Waals surface area contributed by atoms with E-state index in [1.165, 1.54) is 12.1 Å². The number of rotatable bonds is 5. The van der Waals surface area contributed by atoms with Crippen molar-refractivity contribution in [3.63, 3.8) is 0 Å². The molecule has 0 bridgehead atoms. The summed E-state index contributed by atoms with van der Waals surface area (Å²) in [7, 11) is 0. The smallest absolute Gasteiger partial charge is 0.124 e. The van der Waals surface area contributed by atoms with Crippen LogP contribution in [0.25, 0.3) is 0 Å². The highest BCUT2D eigenvalue weighted by Gasteiger charge is 2.06. The van der Waals surface area contributed by atoms with E-state index < -0.39 is 5.82 Å². The van der Waals surface area contributed by atoms with Gasteiger partial charge in [-0.1, -0.05) is 0 Å². The van der Waals surface area contributed by atoms with Crippen molar-refractivity contribution in [3.8, 4) is 6.07 Å². The van der Waals surface area contributed by atoms with Gasteiger partial charge >= 0.3 is 0 Å². The highest BCUT2D eigenvalue weighted by atomic mass is 19.1. The maximum Gasteiger partial charge on any atom is 0.124 e. The molecule has 0 aliphatic heterocycles. The van der Waals surface area contributed by atoms with Crippen LogP contribution in [-0.4, -0.2) is 17.8 Å². The molecule has 0 saturated heterocycles. The largest absolute Gasteiger partial charge is 0.396 e. The van der Waals surface area contributed by atoms with Crippen molar-refractivity contribution in [2.24, 2.45) is 0 Å². The second kappa shape index (κ2) is 6.09. The molecule has 86 valence electrons. The number of aliphatic hydroxyl groups is 1. The van der Waals surface area contributed by atoms with E-state index in [0.29, 0.717) is 17.7 Å². The SMILES string of the molecule is CC(CCCO)Nc1ccc(F)cc1C#N. The summed E-state index contributed by atoms with van der Waals surface area (Å²) < 4.78 is 12.9. The molecule has 1 aromatic carbocycles. The first-order chi connectivity index (χ1) is 7.67. The molecule has 16 heavy (non-hydrogen) atoms. The summed E-state index contributed by atoms with van der Waals surface area (Å²) in [4.78, 5) is 0. The van der Waals surface area contributed by atoms with Gasteiger partial charge < -0.3 is 10.4 Å². The van der Waals surface area contributed by atoms with Crippen molar-refractivity contribution in [2.75, 3.05) is 11.9 Å². The molecule has 1 atom stereocenters. The molecular weight excluding hydrogens is 207 g/mol. The predicted octanol–water partition coefficient (Wildman–Crippen LogP) is 2.27. The first-order valence-corrected chi connectivity index (χ1v) is 5.24. The Labute approximate surface area is 94.5 Å². The third-order valence-corrected chi connectivity index (χ3v) is 2.30.